The van der Waals surface area contributed by atoms with Crippen molar-refractivity contribution in [3.8, 4) is 10.6 Å². The summed E-state index contributed by atoms with van der Waals surface area (Å²) in [5.74, 6) is -0.164. The number of nitrogens with one attached hydrogen (secondary N) is 1. The number of carbonyl (C=O) groups excluding carboxylic acids is 1. The van der Waals surface area contributed by atoms with E-state index in [9.17, 15) is 4.79 Å². The van der Waals surface area contributed by atoms with Crippen molar-refractivity contribution in [2.24, 2.45) is 5.16 Å². The maximum Gasteiger partial charge on any atom is 0.267 e. The Morgan fingerprint density at radius 1 is 1.43 bits per heavy atom. The Hall–Kier alpha value is -2.21. The van der Waals surface area contributed by atoms with Crippen LogP contribution in [0.5, 0.6) is 0 Å². The standard InChI is InChI=1S/C17H19N3O2S/c1-11-5-4-6-13(7-11)15-19-14(10-23-15)9-18-16(21)17(3)8-12(2)20-22-17/h4-7,10H,8-9H2,1-3H3,(H,18,21). The number of rotatable bonds is 4. The normalized spacial score (nSPS) is 20.0. The molecule has 6 heteroatoms. The molecule has 0 saturated heterocycles. The van der Waals surface area contributed by atoms with E-state index in [0.717, 1.165) is 22.0 Å². The van der Waals surface area contributed by atoms with Crippen molar-refractivity contribution in [1.29, 1.82) is 0 Å². The second kappa shape index (κ2) is 6.12. The average molecular weight is 329 g/mol. The van der Waals surface area contributed by atoms with Crippen LogP contribution in [0.15, 0.2) is 34.8 Å². The summed E-state index contributed by atoms with van der Waals surface area (Å²) in [6, 6.07) is 8.23. The molecule has 1 atom stereocenters. The van der Waals surface area contributed by atoms with E-state index in [4.69, 9.17) is 4.84 Å². The second-order valence-electron chi connectivity index (χ2n) is 6.02. The number of hydrogen-bond donors (Lipinski definition) is 1. The first-order valence-electron chi connectivity index (χ1n) is 7.48. The molecule has 0 radical (unpaired) electrons. The van der Waals surface area contributed by atoms with Crippen molar-refractivity contribution >= 4 is 23.0 Å². The molecule has 0 saturated carbocycles. The first kappa shape index (κ1) is 15.7. The molecule has 0 fully saturated rings. The Balaban J connectivity index is 1.63. The molecule has 0 bridgehead atoms. The highest BCUT2D eigenvalue weighted by Crippen LogP contribution is 2.25. The van der Waals surface area contributed by atoms with E-state index in [1.165, 1.54) is 5.56 Å². The van der Waals surface area contributed by atoms with Gasteiger partial charge in [-0.25, -0.2) is 4.98 Å². The first-order valence-corrected chi connectivity index (χ1v) is 8.36. The number of aryl methyl sites for hydroxylation is 1. The highest BCUT2D eigenvalue weighted by atomic mass is 32.1. The van der Waals surface area contributed by atoms with Crippen molar-refractivity contribution in [1.82, 2.24) is 10.3 Å². The van der Waals surface area contributed by atoms with Crippen molar-refractivity contribution in [2.75, 3.05) is 0 Å². The molecule has 2 aromatic rings. The predicted molar refractivity (Wildman–Crippen MR) is 91.3 cm³/mol. The predicted octanol–water partition coefficient (Wildman–Crippen LogP) is 3.29. The minimum absolute atomic E-state index is 0.164. The molecule has 0 aliphatic carbocycles. The molecule has 5 nitrogen and oxygen atoms in total. The van der Waals surface area contributed by atoms with Gasteiger partial charge >= 0.3 is 0 Å². The van der Waals surface area contributed by atoms with Crippen LogP contribution in [-0.4, -0.2) is 22.2 Å². The Morgan fingerprint density at radius 2 is 2.26 bits per heavy atom. The lowest BCUT2D eigenvalue weighted by molar-refractivity contribution is -0.141. The Kier molecular flexibility index (Phi) is 4.17. The van der Waals surface area contributed by atoms with Crippen LogP contribution in [0.3, 0.4) is 0 Å². The molecular weight excluding hydrogens is 310 g/mol. The van der Waals surface area contributed by atoms with Gasteiger partial charge in [0.2, 0.25) is 5.60 Å². The second-order valence-corrected chi connectivity index (χ2v) is 6.88. The molecule has 1 aliphatic heterocycles. The van der Waals surface area contributed by atoms with Crippen LogP contribution >= 0.6 is 11.3 Å². The van der Waals surface area contributed by atoms with Crippen LogP contribution in [-0.2, 0) is 16.2 Å². The van der Waals surface area contributed by atoms with E-state index in [2.05, 4.69) is 34.5 Å². The zero-order chi connectivity index (χ0) is 16.4. The fourth-order valence-corrected chi connectivity index (χ4v) is 3.33. The molecule has 1 aliphatic rings. The number of hydrogen-bond acceptors (Lipinski definition) is 5. The van der Waals surface area contributed by atoms with Crippen LogP contribution in [0.4, 0.5) is 0 Å². The van der Waals surface area contributed by atoms with E-state index in [-0.39, 0.29) is 5.91 Å². The van der Waals surface area contributed by atoms with Gasteiger partial charge in [-0.15, -0.1) is 11.3 Å². The molecule has 1 N–H and O–H groups in total. The lowest BCUT2D eigenvalue weighted by Gasteiger charge is -2.19. The van der Waals surface area contributed by atoms with Crippen LogP contribution in [0.25, 0.3) is 10.6 Å². The van der Waals surface area contributed by atoms with E-state index in [1.807, 2.05) is 24.4 Å². The quantitative estimate of drug-likeness (QED) is 0.936. The Bertz CT molecular complexity index is 769. The number of carbonyl (C=O) groups is 1. The summed E-state index contributed by atoms with van der Waals surface area (Å²) in [6.45, 7) is 6.05. The monoisotopic (exact) mass is 329 g/mol. The van der Waals surface area contributed by atoms with Crippen LogP contribution in [0, 0.1) is 6.92 Å². The molecule has 23 heavy (non-hydrogen) atoms. The molecule has 2 heterocycles. The average Bonchev–Trinajstić information content (AvgIpc) is 3.12. The zero-order valence-electron chi connectivity index (χ0n) is 13.4. The minimum atomic E-state index is -0.903. The van der Waals surface area contributed by atoms with Crippen molar-refractivity contribution in [3.05, 3.63) is 40.9 Å². The van der Waals surface area contributed by atoms with Gasteiger partial charge in [0.1, 0.15) is 5.01 Å². The van der Waals surface area contributed by atoms with Crippen LogP contribution in [0.2, 0.25) is 0 Å². The maximum atomic E-state index is 12.3. The third-order valence-electron chi connectivity index (χ3n) is 3.72. The van der Waals surface area contributed by atoms with E-state index in [1.54, 1.807) is 18.3 Å². The first-order chi connectivity index (χ1) is 11.0. The van der Waals surface area contributed by atoms with Crippen LogP contribution < -0.4 is 5.32 Å². The summed E-state index contributed by atoms with van der Waals surface area (Å²) in [7, 11) is 0. The van der Waals surface area contributed by atoms with E-state index < -0.39 is 5.60 Å². The van der Waals surface area contributed by atoms with Gasteiger partial charge in [-0.2, -0.15) is 0 Å². The molecule has 1 aromatic heterocycles. The molecule has 1 amide bonds. The van der Waals surface area contributed by atoms with Gasteiger partial charge in [0.15, 0.2) is 0 Å². The highest BCUT2D eigenvalue weighted by molar-refractivity contribution is 7.13. The fraction of sp³-hybridized carbons (Fsp3) is 0.353. The Labute approximate surface area is 139 Å². The largest absolute Gasteiger partial charge is 0.379 e. The summed E-state index contributed by atoms with van der Waals surface area (Å²) in [5.41, 5.74) is 3.08. The summed E-state index contributed by atoms with van der Waals surface area (Å²) < 4.78 is 0. The van der Waals surface area contributed by atoms with Gasteiger partial charge < -0.3 is 10.2 Å². The van der Waals surface area contributed by atoms with Gasteiger partial charge in [-0.1, -0.05) is 28.9 Å². The van der Waals surface area contributed by atoms with Crippen molar-refractivity contribution in [3.63, 3.8) is 0 Å². The van der Waals surface area contributed by atoms with Gasteiger partial charge in [0.25, 0.3) is 5.91 Å². The van der Waals surface area contributed by atoms with Crippen LogP contribution in [0.1, 0.15) is 31.5 Å². The topological polar surface area (TPSA) is 63.6 Å². The zero-order valence-corrected chi connectivity index (χ0v) is 14.2. The summed E-state index contributed by atoms with van der Waals surface area (Å²) in [4.78, 5) is 22.1. The molecule has 1 aromatic carbocycles. The molecular formula is C17H19N3O2S. The van der Waals surface area contributed by atoms with Gasteiger partial charge in [-0.3, -0.25) is 4.79 Å². The number of aromatic nitrogens is 1. The smallest absolute Gasteiger partial charge is 0.267 e. The SMILES string of the molecule is CC1=NOC(C)(C(=O)NCc2csc(-c3cccc(C)c3)n2)C1. The number of benzene rings is 1. The molecule has 120 valence electrons. The van der Waals surface area contributed by atoms with Crippen molar-refractivity contribution in [2.45, 2.75) is 39.3 Å². The summed E-state index contributed by atoms with van der Waals surface area (Å²) in [5, 5.41) is 9.67. The van der Waals surface area contributed by atoms with E-state index >= 15 is 0 Å². The van der Waals surface area contributed by atoms with Gasteiger partial charge in [0, 0.05) is 17.4 Å². The lowest BCUT2D eigenvalue weighted by atomic mass is 9.99. The van der Waals surface area contributed by atoms with E-state index in [0.29, 0.717) is 13.0 Å². The fourth-order valence-electron chi connectivity index (χ4n) is 2.51. The lowest BCUT2D eigenvalue weighted by Crippen LogP contribution is -2.44. The molecule has 0 spiro atoms. The minimum Gasteiger partial charge on any atom is -0.379 e. The number of nitrogens with zero attached hydrogens (tertiary/aromatic N) is 2. The maximum absolute atomic E-state index is 12.3. The Morgan fingerprint density at radius 3 is 2.96 bits per heavy atom. The number of thiazole rings is 1. The summed E-state index contributed by atoms with van der Waals surface area (Å²) >= 11 is 1.58. The number of amides is 1. The number of oxime groups is 1. The highest BCUT2D eigenvalue weighted by Gasteiger charge is 2.40. The third-order valence-corrected chi connectivity index (χ3v) is 4.66. The third kappa shape index (κ3) is 3.42. The van der Waals surface area contributed by atoms with Gasteiger partial charge in [-0.05, 0) is 26.8 Å². The molecule has 3 rings (SSSR count). The van der Waals surface area contributed by atoms with Gasteiger partial charge in [0.05, 0.1) is 18.0 Å². The van der Waals surface area contributed by atoms with Crippen molar-refractivity contribution < 1.29 is 9.63 Å². The molecule has 1 unspecified atom stereocenters. The summed E-state index contributed by atoms with van der Waals surface area (Å²) in [6.07, 6.45) is 0.518.